The van der Waals surface area contributed by atoms with E-state index in [1.165, 1.54) is 4.90 Å². The van der Waals surface area contributed by atoms with E-state index in [9.17, 15) is 31.1 Å². The van der Waals surface area contributed by atoms with Gasteiger partial charge in [0.1, 0.15) is 5.82 Å². The van der Waals surface area contributed by atoms with Gasteiger partial charge in [0.2, 0.25) is 11.7 Å². The van der Waals surface area contributed by atoms with Crippen molar-refractivity contribution in [2.45, 2.75) is 25.1 Å². The third kappa shape index (κ3) is 5.34. The van der Waals surface area contributed by atoms with Crippen molar-refractivity contribution in [2.24, 2.45) is 5.73 Å². The lowest BCUT2D eigenvalue weighted by atomic mass is 10.0. The van der Waals surface area contributed by atoms with E-state index < -0.39 is 41.4 Å². The Balaban J connectivity index is 1.87. The highest BCUT2D eigenvalue weighted by atomic mass is 19.4. The van der Waals surface area contributed by atoms with E-state index in [1.807, 2.05) is 0 Å². The first kappa shape index (κ1) is 21.0. The van der Waals surface area contributed by atoms with Crippen LogP contribution in [-0.4, -0.2) is 59.9 Å². The largest absolute Gasteiger partial charge is 0.448 e. The van der Waals surface area contributed by atoms with Crippen molar-refractivity contribution in [3.8, 4) is 0 Å². The maximum atomic E-state index is 13.6. The van der Waals surface area contributed by atoms with Crippen LogP contribution in [-0.2, 0) is 11.2 Å². The first-order valence-electron chi connectivity index (χ1n) is 8.06. The molecule has 1 fully saturated rings. The number of nitrogens with one attached hydrogen (secondary N) is 1. The maximum Gasteiger partial charge on any atom is 0.448 e. The molecule has 0 unspecified atom stereocenters. The van der Waals surface area contributed by atoms with E-state index in [1.54, 1.807) is 0 Å². The van der Waals surface area contributed by atoms with Gasteiger partial charge in [-0.2, -0.15) is 13.2 Å². The molecule has 11 heteroatoms. The molecule has 1 heterocycles. The molecule has 0 spiro atoms. The Hall–Kier alpha value is -2.30. The molecule has 0 aromatic heterocycles. The number of hydrogen-bond donors (Lipinski definition) is 2. The molecule has 0 aliphatic carbocycles. The first-order valence-corrected chi connectivity index (χ1v) is 8.06. The molecule has 0 saturated carbocycles. The number of hydrogen-bond acceptors (Lipinski definition) is 3. The summed E-state index contributed by atoms with van der Waals surface area (Å²) in [5.74, 6) is -5.43. The summed E-state index contributed by atoms with van der Waals surface area (Å²) in [5, 5.41) is 7.08. The topological polar surface area (TPSA) is 73.4 Å². The number of alkyl halides is 3. The lowest BCUT2D eigenvalue weighted by molar-refractivity contribution is -0.133. The Kier molecular flexibility index (Phi) is 6.34. The van der Waals surface area contributed by atoms with Gasteiger partial charge < -0.3 is 15.5 Å². The van der Waals surface area contributed by atoms with Crippen molar-refractivity contribution in [3.63, 3.8) is 0 Å². The number of carbonyl (C=O) groups excluding carboxylic acids is 1. The van der Waals surface area contributed by atoms with Crippen molar-refractivity contribution >= 4 is 11.7 Å². The molecule has 1 aliphatic rings. The summed E-state index contributed by atoms with van der Waals surface area (Å²) in [5.41, 5.74) is 5.61. The Bertz CT molecular complexity index is 716. The van der Waals surface area contributed by atoms with Crippen LogP contribution in [0.25, 0.3) is 0 Å². The number of piperazine rings is 1. The number of carbonyl (C=O) groups is 1. The molecule has 3 N–H and O–H groups in total. The van der Waals surface area contributed by atoms with Crippen LogP contribution in [0.15, 0.2) is 12.1 Å². The third-order valence-electron chi connectivity index (χ3n) is 4.23. The number of amidine groups is 1. The summed E-state index contributed by atoms with van der Waals surface area (Å²) in [6.45, 7) is -0.304. The average molecular weight is 396 g/mol. The lowest BCUT2D eigenvalue weighted by Gasteiger charge is -2.36. The standard InChI is InChI=1S/C16H18F6N4O/c17-11-8-13(19)12(18)6-9(11)5-10(23)7-14(27)25-1-3-26(4-2-25)15(24)16(20,21)22/h6,8,10,24H,1-5,7,23H2/t10-/m1/s1. The van der Waals surface area contributed by atoms with Crippen LogP contribution in [0.3, 0.4) is 0 Å². The molecule has 5 nitrogen and oxygen atoms in total. The van der Waals surface area contributed by atoms with Gasteiger partial charge in [-0.3, -0.25) is 10.2 Å². The van der Waals surface area contributed by atoms with Gasteiger partial charge in [-0.05, 0) is 18.1 Å². The zero-order chi connectivity index (χ0) is 20.4. The predicted octanol–water partition coefficient (Wildman–Crippen LogP) is 2.05. The second-order valence-electron chi connectivity index (χ2n) is 6.24. The number of rotatable bonds is 4. The van der Waals surface area contributed by atoms with E-state index in [-0.39, 0.29) is 44.6 Å². The molecular formula is C16H18F6N4O. The third-order valence-corrected chi connectivity index (χ3v) is 4.23. The van der Waals surface area contributed by atoms with Gasteiger partial charge in [0.25, 0.3) is 0 Å². The monoisotopic (exact) mass is 396 g/mol. The summed E-state index contributed by atoms with van der Waals surface area (Å²) >= 11 is 0. The Morgan fingerprint density at radius 2 is 1.56 bits per heavy atom. The highest BCUT2D eigenvalue weighted by Crippen LogP contribution is 2.20. The summed E-state index contributed by atoms with van der Waals surface area (Å²) in [7, 11) is 0. The quantitative estimate of drug-likeness (QED) is 0.354. The SMILES string of the molecule is N=C(N1CCN(C(=O)C[C@H](N)Cc2cc(F)c(F)cc2F)CC1)C(F)(F)F. The summed E-state index contributed by atoms with van der Waals surface area (Å²) < 4.78 is 77.3. The minimum Gasteiger partial charge on any atom is -0.349 e. The van der Waals surface area contributed by atoms with Crippen LogP contribution in [0.2, 0.25) is 0 Å². The Morgan fingerprint density at radius 3 is 2.11 bits per heavy atom. The minimum atomic E-state index is -4.75. The second-order valence-corrected chi connectivity index (χ2v) is 6.24. The van der Waals surface area contributed by atoms with Gasteiger partial charge in [0, 0.05) is 44.7 Å². The first-order chi connectivity index (χ1) is 12.5. The van der Waals surface area contributed by atoms with Gasteiger partial charge in [-0.1, -0.05) is 0 Å². The van der Waals surface area contributed by atoms with E-state index in [0.717, 1.165) is 4.90 Å². The highest BCUT2D eigenvalue weighted by molar-refractivity contribution is 5.85. The van der Waals surface area contributed by atoms with E-state index in [4.69, 9.17) is 11.1 Å². The highest BCUT2D eigenvalue weighted by Gasteiger charge is 2.39. The van der Waals surface area contributed by atoms with Gasteiger partial charge in [0.05, 0.1) is 0 Å². The van der Waals surface area contributed by atoms with Crippen molar-refractivity contribution in [1.29, 1.82) is 5.41 Å². The molecule has 1 saturated heterocycles. The zero-order valence-corrected chi connectivity index (χ0v) is 14.1. The molecule has 1 aromatic rings. The van der Waals surface area contributed by atoms with Gasteiger partial charge in [-0.25, -0.2) is 13.2 Å². The number of benzene rings is 1. The molecule has 1 atom stereocenters. The van der Waals surface area contributed by atoms with Crippen molar-refractivity contribution in [1.82, 2.24) is 9.80 Å². The molecule has 27 heavy (non-hydrogen) atoms. The van der Waals surface area contributed by atoms with Crippen LogP contribution in [0.4, 0.5) is 26.3 Å². The number of nitrogens with zero attached hydrogens (tertiary/aromatic N) is 2. The van der Waals surface area contributed by atoms with Crippen LogP contribution in [0.1, 0.15) is 12.0 Å². The van der Waals surface area contributed by atoms with Crippen LogP contribution in [0.5, 0.6) is 0 Å². The average Bonchev–Trinajstić information content (AvgIpc) is 2.58. The fourth-order valence-electron chi connectivity index (χ4n) is 2.79. The van der Waals surface area contributed by atoms with Crippen LogP contribution < -0.4 is 5.73 Å². The second kappa shape index (κ2) is 8.15. The smallest absolute Gasteiger partial charge is 0.349 e. The summed E-state index contributed by atoms with van der Waals surface area (Å²) in [6, 6.07) is 0.202. The number of amides is 1. The van der Waals surface area contributed by atoms with E-state index >= 15 is 0 Å². The molecule has 0 bridgehead atoms. The lowest BCUT2D eigenvalue weighted by Crippen LogP contribution is -2.54. The summed E-state index contributed by atoms with van der Waals surface area (Å²) in [4.78, 5) is 14.3. The Labute approximate surface area is 151 Å². The number of nitrogens with two attached hydrogens (primary N) is 1. The zero-order valence-electron chi connectivity index (χ0n) is 14.1. The van der Waals surface area contributed by atoms with Crippen molar-refractivity contribution in [3.05, 3.63) is 35.1 Å². The van der Waals surface area contributed by atoms with E-state index in [0.29, 0.717) is 12.1 Å². The van der Waals surface area contributed by atoms with Gasteiger partial charge in [-0.15, -0.1) is 0 Å². The molecule has 2 rings (SSSR count). The Morgan fingerprint density at radius 1 is 1.04 bits per heavy atom. The van der Waals surface area contributed by atoms with E-state index in [2.05, 4.69) is 0 Å². The van der Waals surface area contributed by atoms with Crippen LogP contribution >= 0.6 is 0 Å². The summed E-state index contributed by atoms with van der Waals surface area (Å²) in [6.07, 6.45) is -5.17. The fourth-order valence-corrected chi connectivity index (χ4v) is 2.79. The van der Waals surface area contributed by atoms with Crippen molar-refractivity contribution < 1.29 is 31.1 Å². The van der Waals surface area contributed by atoms with Gasteiger partial charge in [0.15, 0.2) is 11.6 Å². The predicted molar refractivity (Wildman–Crippen MR) is 84.5 cm³/mol. The fraction of sp³-hybridized carbons (Fsp3) is 0.500. The number of halogens is 6. The molecule has 0 radical (unpaired) electrons. The normalized spacial score (nSPS) is 16.4. The van der Waals surface area contributed by atoms with Gasteiger partial charge >= 0.3 is 6.18 Å². The molecule has 150 valence electrons. The molecular weight excluding hydrogens is 378 g/mol. The van der Waals surface area contributed by atoms with Crippen molar-refractivity contribution in [2.75, 3.05) is 26.2 Å². The minimum absolute atomic E-state index is 0.0104. The maximum absolute atomic E-state index is 13.6. The van der Waals surface area contributed by atoms with Crippen LogP contribution in [0, 0.1) is 22.9 Å². The molecule has 1 aliphatic heterocycles. The molecule has 1 amide bonds. The molecule has 1 aromatic carbocycles.